The summed E-state index contributed by atoms with van der Waals surface area (Å²) in [7, 11) is 0. The number of allylic oxidation sites excluding steroid dienone is 1. The van der Waals surface area contributed by atoms with Gasteiger partial charge in [0.05, 0.1) is 12.7 Å². The van der Waals surface area contributed by atoms with Gasteiger partial charge < -0.3 is 4.74 Å². The molecule has 0 aromatic heterocycles. The Balaban J connectivity index is 2.92. The highest BCUT2D eigenvalue weighted by Crippen LogP contribution is 2.47. The zero-order chi connectivity index (χ0) is 12.2. The molecule has 16 heavy (non-hydrogen) atoms. The normalized spacial score (nSPS) is 29.1. The molecule has 5 heteroatoms. The Morgan fingerprint density at radius 3 is 3.06 bits per heavy atom. The predicted octanol–water partition coefficient (Wildman–Crippen LogP) is 2.58. The van der Waals surface area contributed by atoms with Crippen molar-refractivity contribution in [3.63, 3.8) is 0 Å². The minimum Gasteiger partial charge on any atom is -0.464 e. The number of carbonyl (C=O) groups excluding carboxylic acids is 1. The molecule has 2 atom stereocenters. The highest BCUT2D eigenvalue weighted by molar-refractivity contribution is 8.19. The lowest BCUT2D eigenvalue weighted by molar-refractivity contribution is -0.143. The molecule has 0 fully saturated rings. The Labute approximate surface area is 105 Å². The van der Waals surface area contributed by atoms with Gasteiger partial charge in [0.2, 0.25) is 0 Å². The van der Waals surface area contributed by atoms with E-state index in [4.69, 9.17) is 10.00 Å². The second-order valence-corrected chi connectivity index (χ2v) is 6.22. The molecule has 0 aliphatic carbocycles. The SMILES string of the molecule is CCOC(=O)C1(SC)CC=C(C)C(C#N)S1. The molecule has 1 aliphatic rings. The smallest absolute Gasteiger partial charge is 0.332 e. The van der Waals surface area contributed by atoms with Crippen molar-refractivity contribution in [1.29, 1.82) is 5.26 Å². The van der Waals surface area contributed by atoms with E-state index in [-0.39, 0.29) is 11.2 Å². The number of esters is 1. The van der Waals surface area contributed by atoms with Gasteiger partial charge in [0.15, 0.2) is 4.08 Å². The average molecular weight is 257 g/mol. The molecule has 0 N–H and O–H groups in total. The van der Waals surface area contributed by atoms with Gasteiger partial charge in [-0.3, -0.25) is 0 Å². The van der Waals surface area contributed by atoms with Crippen molar-refractivity contribution in [2.24, 2.45) is 0 Å². The van der Waals surface area contributed by atoms with E-state index >= 15 is 0 Å². The van der Waals surface area contributed by atoms with Crippen LogP contribution < -0.4 is 0 Å². The Morgan fingerprint density at radius 2 is 2.56 bits per heavy atom. The third-order valence-electron chi connectivity index (χ3n) is 2.45. The zero-order valence-electron chi connectivity index (χ0n) is 9.65. The van der Waals surface area contributed by atoms with Gasteiger partial charge >= 0.3 is 5.97 Å². The molecule has 0 saturated carbocycles. The van der Waals surface area contributed by atoms with E-state index in [1.807, 2.05) is 19.3 Å². The average Bonchev–Trinajstić information content (AvgIpc) is 2.30. The minimum absolute atomic E-state index is 0.225. The topological polar surface area (TPSA) is 50.1 Å². The van der Waals surface area contributed by atoms with E-state index < -0.39 is 4.08 Å². The number of rotatable bonds is 3. The number of hydrogen-bond donors (Lipinski definition) is 0. The van der Waals surface area contributed by atoms with E-state index in [2.05, 4.69) is 6.07 Å². The number of nitriles is 1. The van der Waals surface area contributed by atoms with E-state index in [1.165, 1.54) is 23.5 Å². The third-order valence-corrected chi connectivity index (χ3v) is 5.66. The molecule has 0 saturated heterocycles. The van der Waals surface area contributed by atoms with E-state index in [9.17, 15) is 4.79 Å². The standard InChI is InChI=1S/C11H15NO2S2/c1-4-14-10(13)11(15-3)6-5-8(2)9(7-12)16-11/h5,9H,4,6H2,1-3H3. The zero-order valence-corrected chi connectivity index (χ0v) is 11.3. The molecule has 0 bridgehead atoms. The van der Waals surface area contributed by atoms with Crippen LogP contribution in [0.1, 0.15) is 20.3 Å². The van der Waals surface area contributed by atoms with Crippen LogP contribution in [0, 0.1) is 11.3 Å². The summed E-state index contributed by atoms with van der Waals surface area (Å²) < 4.78 is 4.44. The molecule has 3 nitrogen and oxygen atoms in total. The first-order valence-electron chi connectivity index (χ1n) is 5.06. The lowest BCUT2D eigenvalue weighted by Gasteiger charge is -2.33. The maximum absolute atomic E-state index is 11.9. The van der Waals surface area contributed by atoms with Crippen molar-refractivity contribution in [3.8, 4) is 6.07 Å². The summed E-state index contributed by atoms with van der Waals surface area (Å²) in [6.07, 6.45) is 4.48. The summed E-state index contributed by atoms with van der Waals surface area (Å²) in [5.74, 6) is -0.225. The van der Waals surface area contributed by atoms with Crippen LogP contribution in [0.5, 0.6) is 0 Å². The Kier molecular flexibility index (Phi) is 4.75. The molecule has 0 aromatic carbocycles. The van der Waals surface area contributed by atoms with Crippen molar-refractivity contribution in [2.75, 3.05) is 12.9 Å². The summed E-state index contributed by atoms with van der Waals surface area (Å²) >= 11 is 2.85. The molecule has 0 radical (unpaired) electrons. The first-order chi connectivity index (χ1) is 7.59. The predicted molar refractivity (Wildman–Crippen MR) is 68.2 cm³/mol. The van der Waals surface area contributed by atoms with Crippen LogP contribution in [0.15, 0.2) is 11.6 Å². The number of thioether (sulfide) groups is 2. The van der Waals surface area contributed by atoms with Gasteiger partial charge in [-0.1, -0.05) is 11.6 Å². The monoisotopic (exact) mass is 257 g/mol. The van der Waals surface area contributed by atoms with E-state index in [1.54, 1.807) is 6.92 Å². The highest BCUT2D eigenvalue weighted by Gasteiger charge is 2.44. The first kappa shape index (κ1) is 13.5. The van der Waals surface area contributed by atoms with Crippen molar-refractivity contribution in [3.05, 3.63) is 11.6 Å². The quantitative estimate of drug-likeness (QED) is 0.574. The van der Waals surface area contributed by atoms with Crippen molar-refractivity contribution < 1.29 is 9.53 Å². The van der Waals surface area contributed by atoms with Crippen LogP contribution in [0.25, 0.3) is 0 Å². The number of hydrogen-bond acceptors (Lipinski definition) is 5. The van der Waals surface area contributed by atoms with E-state index in [0.717, 1.165) is 5.57 Å². The van der Waals surface area contributed by atoms with Gasteiger partial charge in [-0.25, -0.2) is 4.79 Å². The molecule has 88 valence electrons. The van der Waals surface area contributed by atoms with Gasteiger partial charge in [0.1, 0.15) is 5.25 Å². The van der Waals surface area contributed by atoms with Gasteiger partial charge in [-0.2, -0.15) is 5.26 Å². The van der Waals surface area contributed by atoms with Crippen molar-refractivity contribution in [2.45, 2.75) is 29.6 Å². The fourth-order valence-corrected chi connectivity index (χ4v) is 3.65. The maximum Gasteiger partial charge on any atom is 0.332 e. The van der Waals surface area contributed by atoms with E-state index in [0.29, 0.717) is 13.0 Å². The minimum atomic E-state index is -0.643. The fraction of sp³-hybridized carbons (Fsp3) is 0.636. The Bertz CT molecular complexity index is 348. The molecule has 0 aromatic rings. The second kappa shape index (κ2) is 5.65. The summed E-state index contributed by atoms with van der Waals surface area (Å²) in [5, 5.41) is 8.78. The van der Waals surface area contributed by atoms with Crippen molar-refractivity contribution >= 4 is 29.5 Å². The van der Waals surface area contributed by atoms with Crippen LogP contribution >= 0.6 is 23.5 Å². The largest absolute Gasteiger partial charge is 0.464 e. The van der Waals surface area contributed by atoms with Crippen molar-refractivity contribution in [1.82, 2.24) is 0 Å². The number of nitrogens with zero attached hydrogens (tertiary/aromatic N) is 1. The van der Waals surface area contributed by atoms with Crippen LogP contribution in [-0.4, -0.2) is 28.2 Å². The number of ether oxygens (including phenoxy) is 1. The molecule has 1 heterocycles. The van der Waals surface area contributed by atoms with Crippen LogP contribution in [0.3, 0.4) is 0 Å². The number of carbonyl (C=O) groups is 1. The van der Waals surface area contributed by atoms with Crippen LogP contribution in [0.2, 0.25) is 0 Å². The summed E-state index contributed by atoms with van der Waals surface area (Å²) in [5.41, 5.74) is 1.03. The highest BCUT2D eigenvalue weighted by atomic mass is 32.2. The Morgan fingerprint density at radius 1 is 1.88 bits per heavy atom. The molecule has 0 spiro atoms. The first-order valence-corrected chi connectivity index (χ1v) is 7.16. The Hall–Kier alpha value is -0.600. The van der Waals surface area contributed by atoms with Gasteiger partial charge in [0.25, 0.3) is 0 Å². The molecule has 2 unspecified atom stereocenters. The molecule has 1 rings (SSSR count). The molecule has 1 aliphatic heterocycles. The molecular formula is C11H15NO2S2. The summed E-state index contributed by atoms with van der Waals surface area (Å²) in [6.45, 7) is 4.10. The lowest BCUT2D eigenvalue weighted by atomic mass is 10.1. The van der Waals surface area contributed by atoms with Crippen LogP contribution in [0.4, 0.5) is 0 Å². The maximum atomic E-state index is 11.9. The summed E-state index contributed by atoms with van der Waals surface area (Å²) in [4.78, 5) is 11.9. The van der Waals surface area contributed by atoms with Crippen LogP contribution in [-0.2, 0) is 9.53 Å². The van der Waals surface area contributed by atoms with Gasteiger partial charge in [0, 0.05) is 6.42 Å². The van der Waals surface area contributed by atoms with Gasteiger partial charge in [-0.15, -0.1) is 23.5 Å². The lowest BCUT2D eigenvalue weighted by Crippen LogP contribution is -2.37. The fourth-order valence-electron chi connectivity index (χ4n) is 1.45. The summed E-state index contributed by atoms with van der Waals surface area (Å²) in [6, 6.07) is 2.21. The molecule has 0 amide bonds. The van der Waals surface area contributed by atoms with Gasteiger partial charge in [-0.05, 0) is 20.1 Å². The third kappa shape index (κ3) is 2.55. The molecular weight excluding hydrogens is 242 g/mol. The second-order valence-electron chi connectivity index (χ2n) is 3.46.